The van der Waals surface area contributed by atoms with E-state index in [1.54, 1.807) is 0 Å². The van der Waals surface area contributed by atoms with Crippen molar-refractivity contribution in [1.29, 1.82) is 0 Å². The van der Waals surface area contributed by atoms with Gasteiger partial charge in [-0.25, -0.2) is 0 Å². The molecule has 496 valence electrons. The number of hydrogen-bond donors (Lipinski definition) is 0. The lowest BCUT2D eigenvalue weighted by Crippen LogP contribution is -2.44. The molecular weight excluding hydrogens is 1100 g/mol. The molecule has 0 heterocycles. The van der Waals surface area contributed by atoms with E-state index in [-0.39, 0.29) is 38.6 Å². The molecule has 0 bridgehead atoms. The molecule has 0 N–H and O–H groups in total. The van der Waals surface area contributed by atoms with Crippen LogP contribution in [0, 0.1) is 0 Å². The van der Waals surface area contributed by atoms with Gasteiger partial charge in [-0.2, -0.15) is 0 Å². The van der Waals surface area contributed by atoms with E-state index in [2.05, 4.69) is 220 Å². The van der Waals surface area contributed by atoms with Gasteiger partial charge in [-0.15, -0.1) is 0 Å². The molecule has 0 saturated carbocycles. The van der Waals surface area contributed by atoms with Crippen molar-refractivity contribution in [3.05, 3.63) is 207 Å². The summed E-state index contributed by atoms with van der Waals surface area (Å²) in [5.41, 5.74) is 0. The number of esters is 2. The summed E-state index contributed by atoms with van der Waals surface area (Å²) in [5, 5.41) is 11.8. The molecule has 0 amide bonds. The summed E-state index contributed by atoms with van der Waals surface area (Å²) in [4.78, 5) is 37.5. The third-order valence-electron chi connectivity index (χ3n) is 13.5. The molecule has 9 nitrogen and oxygen atoms in total. The summed E-state index contributed by atoms with van der Waals surface area (Å²) < 4.78 is 22.7. The monoisotopic (exact) mass is 1230 g/mol. The molecule has 89 heavy (non-hydrogen) atoms. The number of hydrogen-bond acceptors (Lipinski definition) is 8. The minimum Gasteiger partial charge on any atom is -0.545 e. The smallest absolute Gasteiger partial charge is 0.306 e. The van der Waals surface area contributed by atoms with Gasteiger partial charge in [0.1, 0.15) is 13.2 Å². The SMILES string of the molecule is CC/C=C\C/C=C\C/C=C\C/C=C\C/C=C\C/C=C\C/C=C\C/C=C\C/C=C\CCCCCCCC(=O)OC(COC(=O)CCCCCCCC/C=C\C/C=C\C/C=C\C/C=C\C/C=C\C/C=C\C/C=C\C/C=C\CC)COC(OCC[N+](C)(C)C)C(=O)[O-]. The van der Waals surface area contributed by atoms with Gasteiger partial charge in [0.15, 0.2) is 12.4 Å². The topological polar surface area (TPSA) is 111 Å². The summed E-state index contributed by atoms with van der Waals surface area (Å²) in [6.07, 6.45) is 103. The van der Waals surface area contributed by atoms with Crippen LogP contribution >= 0.6 is 0 Å². The van der Waals surface area contributed by atoms with Crippen LogP contribution in [0.25, 0.3) is 0 Å². The summed E-state index contributed by atoms with van der Waals surface area (Å²) in [5.74, 6) is -2.36. The first-order valence-electron chi connectivity index (χ1n) is 34.2. The van der Waals surface area contributed by atoms with Crippen molar-refractivity contribution >= 4 is 17.9 Å². The van der Waals surface area contributed by atoms with Crippen LogP contribution in [0.2, 0.25) is 0 Å². The number of likely N-dealkylation sites (N-methyl/N-ethyl adjacent to an activating group) is 1. The number of carboxylic acid groups (broad SMARTS) is 1. The molecule has 0 spiro atoms. The molecule has 0 aromatic carbocycles. The van der Waals surface area contributed by atoms with Crippen molar-refractivity contribution < 1.29 is 42.9 Å². The molecular formula is C80H123NO8. The molecule has 2 unspecified atom stereocenters. The fraction of sp³-hybridized carbons (Fsp3) is 0.537. The minimum atomic E-state index is -1.65. The van der Waals surface area contributed by atoms with Gasteiger partial charge in [0.05, 0.1) is 40.3 Å². The summed E-state index contributed by atoms with van der Waals surface area (Å²) in [6.45, 7) is 4.44. The molecule has 0 rings (SSSR count). The average molecular weight is 1230 g/mol. The average Bonchev–Trinajstić information content (AvgIpc) is 3.64. The quantitative estimate of drug-likeness (QED) is 0.0195. The van der Waals surface area contributed by atoms with Gasteiger partial charge in [-0.3, -0.25) is 9.59 Å². The van der Waals surface area contributed by atoms with Gasteiger partial charge in [0.25, 0.3) is 0 Å². The third kappa shape index (κ3) is 69.2. The van der Waals surface area contributed by atoms with Crippen LogP contribution in [0.1, 0.15) is 219 Å². The van der Waals surface area contributed by atoms with E-state index in [0.717, 1.165) is 180 Å². The Morgan fingerprint density at radius 3 is 0.899 bits per heavy atom. The Morgan fingerprint density at radius 2 is 0.607 bits per heavy atom. The molecule has 0 radical (unpaired) electrons. The minimum absolute atomic E-state index is 0.128. The Balaban J connectivity index is 4.32. The maximum absolute atomic E-state index is 12.9. The van der Waals surface area contributed by atoms with Gasteiger partial charge >= 0.3 is 11.9 Å². The highest BCUT2D eigenvalue weighted by Gasteiger charge is 2.22. The summed E-state index contributed by atoms with van der Waals surface area (Å²) >= 11 is 0. The zero-order chi connectivity index (χ0) is 64.7. The molecule has 2 atom stereocenters. The van der Waals surface area contributed by atoms with Gasteiger partial charge in [-0.05, 0) is 148 Å². The van der Waals surface area contributed by atoms with E-state index in [4.69, 9.17) is 18.9 Å². The van der Waals surface area contributed by atoms with Crippen LogP contribution in [0.4, 0.5) is 0 Å². The zero-order valence-corrected chi connectivity index (χ0v) is 56.5. The van der Waals surface area contributed by atoms with Gasteiger partial charge in [0.2, 0.25) is 0 Å². The number of rotatable bonds is 60. The van der Waals surface area contributed by atoms with Crippen molar-refractivity contribution in [2.24, 2.45) is 0 Å². The maximum atomic E-state index is 12.9. The van der Waals surface area contributed by atoms with Crippen LogP contribution in [0.15, 0.2) is 207 Å². The van der Waals surface area contributed by atoms with E-state index in [0.29, 0.717) is 23.9 Å². The Bertz CT molecular complexity index is 2210. The van der Waals surface area contributed by atoms with Crippen molar-refractivity contribution in [3.63, 3.8) is 0 Å². The number of ether oxygens (including phenoxy) is 4. The van der Waals surface area contributed by atoms with Gasteiger partial charge in [-0.1, -0.05) is 265 Å². The molecule has 0 aromatic heterocycles. The van der Waals surface area contributed by atoms with Crippen LogP contribution in [-0.4, -0.2) is 82.3 Å². The molecule has 0 aliphatic heterocycles. The molecule has 0 saturated heterocycles. The van der Waals surface area contributed by atoms with Crippen molar-refractivity contribution in [1.82, 2.24) is 0 Å². The molecule has 0 aliphatic rings. The lowest BCUT2D eigenvalue weighted by atomic mass is 10.1. The number of unbranched alkanes of at least 4 members (excludes halogenated alkanes) is 11. The fourth-order valence-corrected chi connectivity index (χ4v) is 8.37. The molecule has 0 fully saturated rings. The lowest BCUT2D eigenvalue weighted by Gasteiger charge is -2.26. The first-order valence-corrected chi connectivity index (χ1v) is 34.2. The standard InChI is InChI=1S/C80H123NO8/c1-6-8-10-12-14-16-18-20-22-24-26-28-30-32-34-36-38-39-41-43-45-47-49-51-53-55-57-59-61-63-65-67-69-71-78(83)89-76(75-88-80(79(84)85)86-73-72-81(3,4)5)74-87-77(82)70-68-66-64-62-60-58-56-54-52-50-48-46-44-42-40-37-35-33-31-29-27-25-23-21-19-17-15-13-11-9-7-2/h8-11,14-17,20-23,26-29,32-35,38-40,42-43,45-46,48-49,51-52,54-55,57,76,80H,6-7,12-13,18-19,24-25,30-31,36-37,41,44,47,50,53,56,58-75H2,1-5H3/b10-8-,11-9-,16-14-,17-15-,22-20-,23-21-,28-26-,29-27-,34-32-,35-33-,39-38-,42-40-,45-43-,48-46-,51-49-,54-52-,57-55-. The number of quaternary nitrogens is 1. The van der Waals surface area contributed by atoms with E-state index in [9.17, 15) is 19.5 Å². The first kappa shape index (κ1) is 82.9. The number of aliphatic carboxylic acids is 1. The number of nitrogens with zero attached hydrogens (tertiary/aromatic N) is 1. The largest absolute Gasteiger partial charge is 0.545 e. The summed E-state index contributed by atoms with van der Waals surface area (Å²) in [6, 6.07) is 0. The Hall–Kier alpha value is -6.13. The second kappa shape index (κ2) is 67.8. The predicted molar refractivity (Wildman–Crippen MR) is 379 cm³/mol. The molecule has 0 aliphatic carbocycles. The highest BCUT2D eigenvalue weighted by atomic mass is 16.7. The third-order valence-corrected chi connectivity index (χ3v) is 13.5. The van der Waals surface area contributed by atoms with Crippen molar-refractivity contribution in [2.45, 2.75) is 232 Å². The number of allylic oxidation sites excluding steroid dienone is 34. The fourth-order valence-electron chi connectivity index (χ4n) is 8.37. The van der Waals surface area contributed by atoms with Crippen molar-refractivity contribution in [3.8, 4) is 0 Å². The van der Waals surface area contributed by atoms with E-state index >= 15 is 0 Å². The summed E-state index contributed by atoms with van der Waals surface area (Å²) in [7, 11) is 5.90. The number of carbonyl (C=O) groups is 3. The van der Waals surface area contributed by atoms with E-state index in [1.807, 2.05) is 21.1 Å². The Kier molecular flexibility index (Phi) is 63.1. The number of carboxylic acids is 1. The predicted octanol–water partition coefficient (Wildman–Crippen LogP) is 20.2. The normalized spacial score (nSPS) is 14.0. The zero-order valence-electron chi connectivity index (χ0n) is 56.5. The van der Waals surface area contributed by atoms with Crippen molar-refractivity contribution in [2.75, 3.05) is 47.5 Å². The van der Waals surface area contributed by atoms with Gasteiger partial charge in [0, 0.05) is 12.8 Å². The maximum Gasteiger partial charge on any atom is 0.306 e. The van der Waals surface area contributed by atoms with Gasteiger partial charge < -0.3 is 33.3 Å². The van der Waals surface area contributed by atoms with E-state index in [1.165, 1.54) is 0 Å². The van der Waals surface area contributed by atoms with E-state index < -0.39 is 24.3 Å². The highest BCUT2D eigenvalue weighted by molar-refractivity contribution is 5.70. The molecule has 9 heteroatoms. The molecule has 0 aromatic rings. The first-order chi connectivity index (χ1) is 43.6. The van der Waals surface area contributed by atoms with Crippen LogP contribution in [-0.2, 0) is 33.3 Å². The lowest BCUT2D eigenvalue weighted by molar-refractivity contribution is -0.870. The number of carbonyl (C=O) groups excluding carboxylic acids is 3. The second-order valence-corrected chi connectivity index (χ2v) is 23.0. The van der Waals surface area contributed by atoms with Crippen LogP contribution in [0.3, 0.4) is 0 Å². The van der Waals surface area contributed by atoms with Crippen LogP contribution < -0.4 is 5.11 Å². The Morgan fingerprint density at radius 1 is 0.337 bits per heavy atom. The second-order valence-electron chi connectivity index (χ2n) is 23.0. The Labute approximate surface area is 544 Å². The van der Waals surface area contributed by atoms with Crippen LogP contribution in [0.5, 0.6) is 0 Å². The highest BCUT2D eigenvalue weighted by Crippen LogP contribution is 2.13.